The summed E-state index contributed by atoms with van der Waals surface area (Å²) < 4.78 is 0. The van der Waals surface area contributed by atoms with E-state index in [9.17, 15) is 0 Å². The molecule has 20 heavy (non-hydrogen) atoms. The Kier molecular flexibility index (Phi) is 6.79. The molecule has 0 spiro atoms. The van der Waals surface area contributed by atoms with Crippen LogP contribution in [0.4, 0.5) is 0 Å². The van der Waals surface area contributed by atoms with Crippen molar-refractivity contribution in [3.63, 3.8) is 0 Å². The molecule has 0 bridgehead atoms. The van der Waals surface area contributed by atoms with Gasteiger partial charge < -0.3 is 15.1 Å². The first-order valence-corrected chi connectivity index (χ1v) is 8.83. The summed E-state index contributed by atoms with van der Waals surface area (Å²) in [6, 6.07) is 1.55. The molecule has 0 aromatic carbocycles. The summed E-state index contributed by atoms with van der Waals surface area (Å²) in [5.74, 6) is 0.868. The maximum absolute atomic E-state index is 3.80. The van der Waals surface area contributed by atoms with Crippen LogP contribution in [0.2, 0.25) is 0 Å². The van der Waals surface area contributed by atoms with Gasteiger partial charge in [-0.1, -0.05) is 19.8 Å². The molecule has 1 N–H and O–H groups in total. The van der Waals surface area contributed by atoms with E-state index in [1.807, 2.05) is 0 Å². The molecular weight excluding hydrogens is 246 g/mol. The van der Waals surface area contributed by atoms with E-state index < -0.39 is 0 Å². The van der Waals surface area contributed by atoms with Crippen molar-refractivity contribution in [3.05, 3.63) is 0 Å². The Morgan fingerprint density at radius 1 is 1.15 bits per heavy atom. The van der Waals surface area contributed by atoms with E-state index in [1.54, 1.807) is 0 Å². The molecule has 1 heterocycles. The van der Waals surface area contributed by atoms with Crippen LogP contribution in [0.1, 0.15) is 51.9 Å². The van der Waals surface area contributed by atoms with E-state index in [0.717, 1.165) is 18.0 Å². The molecule has 3 heteroatoms. The Bertz CT molecular complexity index is 269. The quantitative estimate of drug-likeness (QED) is 0.807. The van der Waals surface area contributed by atoms with Crippen molar-refractivity contribution in [2.45, 2.75) is 64.0 Å². The molecule has 3 atom stereocenters. The average Bonchev–Trinajstić information content (AvgIpc) is 2.46. The van der Waals surface area contributed by atoms with Gasteiger partial charge >= 0.3 is 0 Å². The van der Waals surface area contributed by atoms with Crippen LogP contribution in [0.5, 0.6) is 0 Å². The van der Waals surface area contributed by atoms with Gasteiger partial charge in [-0.15, -0.1) is 0 Å². The van der Waals surface area contributed by atoms with Gasteiger partial charge in [0.15, 0.2) is 0 Å². The number of rotatable bonds is 6. The molecule has 0 aromatic rings. The van der Waals surface area contributed by atoms with Gasteiger partial charge in [0.1, 0.15) is 0 Å². The number of likely N-dealkylation sites (N-methyl/N-ethyl adjacent to an activating group) is 2. The number of piperidine rings is 1. The van der Waals surface area contributed by atoms with E-state index in [-0.39, 0.29) is 0 Å². The lowest BCUT2D eigenvalue weighted by atomic mass is 9.83. The van der Waals surface area contributed by atoms with Crippen LogP contribution in [-0.4, -0.2) is 62.2 Å². The summed E-state index contributed by atoms with van der Waals surface area (Å²) in [5, 5.41) is 3.80. The average molecular weight is 281 g/mol. The van der Waals surface area contributed by atoms with Crippen LogP contribution < -0.4 is 5.32 Å². The summed E-state index contributed by atoms with van der Waals surface area (Å²) in [7, 11) is 4.63. The summed E-state index contributed by atoms with van der Waals surface area (Å²) in [5.41, 5.74) is 0. The minimum Gasteiger partial charge on any atom is -0.314 e. The first kappa shape index (κ1) is 16.3. The Morgan fingerprint density at radius 3 is 2.70 bits per heavy atom. The van der Waals surface area contributed by atoms with Crippen molar-refractivity contribution in [3.8, 4) is 0 Å². The van der Waals surface area contributed by atoms with Gasteiger partial charge in [0.05, 0.1) is 0 Å². The minimum absolute atomic E-state index is 0.771. The third kappa shape index (κ3) is 4.71. The molecule has 0 aromatic heterocycles. The summed E-state index contributed by atoms with van der Waals surface area (Å²) in [6.45, 7) is 7.30. The van der Waals surface area contributed by atoms with Gasteiger partial charge in [-0.2, -0.15) is 0 Å². The molecule has 3 unspecified atom stereocenters. The summed E-state index contributed by atoms with van der Waals surface area (Å²) in [6.07, 6.45) is 9.69. The third-order valence-corrected chi connectivity index (χ3v) is 5.31. The molecule has 0 amide bonds. The second-order valence-corrected chi connectivity index (χ2v) is 7.10. The lowest BCUT2D eigenvalue weighted by Gasteiger charge is -2.40. The van der Waals surface area contributed by atoms with Gasteiger partial charge in [0, 0.05) is 25.2 Å². The molecule has 1 saturated heterocycles. The maximum atomic E-state index is 3.80. The van der Waals surface area contributed by atoms with E-state index in [0.29, 0.717) is 0 Å². The van der Waals surface area contributed by atoms with Crippen molar-refractivity contribution < 1.29 is 0 Å². The zero-order valence-corrected chi connectivity index (χ0v) is 13.9. The summed E-state index contributed by atoms with van der Waals surface area (Å²) >= 11 is 0. The Hall–Kier alpha value is -0.120. The molecule has 3 nitrogen and oxygen atoms in total. The molecule has 1 saturated carbocycles. The molecule has 2 rings (SSSR count). The Labute approximate surface area is 126 Å². The topological polar surface area (TPSA) is 18.5 Å². The highest BCUT2D eigenvalue weighted by Gasteiger charge is 2.28. The van der Waals surface area contributed by atoms with E-state index >= 15 is 0 Å². The van der Waals surface area contributed by atoms with Crippen LogP contribution in [0, 0.1) is 5.92 Å². The molecule has 1 aliphatic heterocycles. The normalized spacial score (nSPS) is 32.7. The number of nitrogens with zero attached hydrogens (tertiary/aromatic N) is 2. The standard InChI is InChI=1S/C17H35N3/c1-4-11-18-17-10-6-5-8-15(17)13-20(3)16-9-7-12-19(2)14-16/h15-18H,4-14H2,1-3H3. The van der Waals surface area contributed by atoms with Crippen LogP contribution in [0.3, 0.4) is 0 Å². The summed E-state index contributed by atoms with van der Waals surface area (Å²) in [4.78, 5) is 5.16. The molecule has 0 radical (unpaired) electrons. The fraction of sp³-hybridized carbons (Fsp3) is 1.00. The number of hydrogen-bond acceptors (Lipinski definition) is 3. The zero-order chi connectivity index (χ0) is 14.4. The molecular formula is C17H35N3. The smallest absolute Gasteiger partial charge is 0.0220 e. The van der Waals surface area contributed by atoms with Crippen LogP contribution in [-0.2, 0) is 0 Å². The van der Waals surface area contributed by atoms with Gasteiger partial charge in [-0.3, -0.25) is 0 Å². The van der Waals surface area contributed by atoms with Crippen molar-refractivity contribution in [2.75, 3.05) is 40.3 Å². The van der Waals surface area contributed by atoms with E-state index in [2.05, 4.69) is 36.1 Å². The molecule has 1 aliphatic carbocycles. The fourth-order valence-corrected chi connectivity index (χ4v) is 4.04. The monoisotopic (exact) mass is 281 g/mol. The van der Waals surface area contributed by atoms with Crippen LogP contribution in [0.25, 0.3) is 0 Å². The SMILES string of the molecule is CCCNC1CCCCC1CN(C)C1CCCN(C)C1. The van der Waals surface area contributed by atoms with Crippen molar-refractivity contribution >= 4 is 0 Å². The fourth-order valence-electron chi connectivity index (χ4n) is 4.04. The Balaban J connectivity index is 1.82. The van der Waals surface area contributed by atoms with Gasteiger partial charge in [0.2, 0.25) is 0 Å². The van der Waals surface area contributed by atoms with Crippen molar-refractivity contribution in [2.24, 2.45) is 5.92 Å². The number of likely N-dealkylation sites (tertiary alicyclic amines) is 1. The second kappa shape index (κ2) is 8.35. The first-order chi connectivity index (χ1) is 9.70. The predicted octanol–water partition coefficient (Wildman–Crippen LogP) is 2.57. The molecule has 2 aliphatic rings. The predicted molar refractivity (Wildman–Crippen MR) is 87.2 cm³/mol. The highest BCUT2D eigenvalue weighted by atomic mass is 15.2. The highest BCUT2D eigenvalue weighted by molar-refractivity contribution is 4.85. The van der Waals surface area contributed by atoms with E-state index in [4.69, 9.17) is 0 Å². The van der Waals surface area contributed by atoms with Gasteiger partial charge in [-0.05, 0) is 65.2 Å². The van der Waals surface area contributed by atoms with E-state index in [1.165, 1.54) is 71.1 Å². The third-order valence-electron chi connectivity index (χ3n) is 5.31. The highest BCUT2D eigenvalue weighted by Crippen LogP contribution is 2.26. The minimum atomic E-state index is 0.771. The van der Waals surface area contributed by atoms with Gasteiger partial charge in [0.25, 0.3) is 0 Å². The van der Waals surface area contributed by atoms with Crippen molar-refractivity contribution in [1.82, 2.24) is 15.1 Å². The zero-order valence-electron chi connectivity index (χ0n) is 13.9. The number of nitrogens with one attached hydrogen (secondary N) is 1. The largest absolute Gasteiger partial charge is 0.314 e. The Morgan fingerprint density at radius 2 is 1.95 bits per heavy atom. The van der Waals surface area contributed by atoms with Crippen LogP contribution >= 0.6 is 0 Å². The maximum Gasteiger partial charge on any atom is 0.0220 e. The molecule has 118 valence electrons. The molecule has 2 fully saturated rings. The lowest BCUT2D eigenvalue weighted by Crippen LogP contribution is -2.49. The lowest BCUT2D eigenvalue weighted by molar-refractivity contribution is 0.101. The van der Waals surface area contributed by atoms with Crippen LogP contribution in [0.15, 0.2) is 0 Å². The van der Waals surface area contributed by atoms with Crippen molar-refractivity contribution in [1.29, 1.82) is 0 Å². The second-order valence-electron chi connectivity index (χ2n) is 7.10. The van der Waals surface area contributed by atoms with Gasteiger partial charge in [-0.25, -0.2) is 0 Å². The number of hydrogen-bond donors (Lipinski definition) is 1. The first-order valence-electron chi connectivity index (χ1n) is 8.83.